The van der Waals surface area contributed by atoms with Gasteiger partial charge in [-0.1, -0.05) is 6.92 Å². The van der Waals surface area contributed by atoms with Gasteiger partial charge in [0, 0.05) is 45.3 Å². The van der Waals surface area contributed by atoms with Crippen LogP contribution in [0, 0.1) is 0 Å². The highest BCUT2D eigenvalue weighted by Gasteiger charge is 2.26. The number of rotatable bonds is 6. The summed E-state index contributed by atoms with van der Waals surface area (Å²) in [4.78, 5) is 42.1. The Labute approximate surface area is 156 Å². The number of hydrogen-bond acceptors (Lipinski definition) is 5. The van der Waals surface area contributed by atoms with E-state index in [0.29, 0.717) is 19.1 Å². The summed E-state index contributed by atoms with van der Waals surface area (Å²) < 4.78 is 0. The minimum atomic E-state index is -0.434. The monoisotopic (exact) mass is 367 g/mol. The average Bonchev–Trinajstić information content (AvgIpc) is 2.61. The van der Waals surface area contributed by atoms with Crippen LogP contribution in [-0.2, 0) is 9.59 Å². The topological polar surface area (TPSA) is 85.0 Å². The molecule has 1 atom stereocenters. The van der Waals surface area contributed by atoms with Gasteiger partial charge in [0.1, 0.15) is 0 Å². The molecule has 1 unspecified atom stereocenters. The van der Waals surface area contributed by atoms with Crippen molar-refractivity contribution in [3.63, 3.8) is 0 Å². The maximum atomic E-state index is 12.5. The van der Waals surface area contributed by atoms with Crippen molar-refractivity contribution in [3.8, 4) is 0 Å². The normalized spacial score (nSPS) is 22.1. The summed E-state index contributed by atoms with van der Waals surface area (Å²) in [5.74, 6) is -0.0683. The molecule has 2 rings (SSSR count). The molecular formula is C18H33N5O3. The quantitative estimate of drug-likeness (QED) is 0.703. The summed E-state index contributed by atoms with van der Waals surface area (Å²) in [5.41, 5.74) is 0. The first-order valence-electron chi connectivity index (χ1n) is 9.81. The molecule has 0 radical (unpaired) electrons. The molecule has 0 aromatic heterocycles. The lowest BCUT2D eigenvalue weighted by molar-refractivity contribution is -0.136. The van der Waals surface area contributed by atoms with E-state index in [4.69, 9.17) is 0 Å². The minimum absolute atomic E-state index is 0.213. The Morgan fingerprint density at radius 1 is 0.962 bits per heavy atom. The largest absolute Gasteiger partial charge is 0.339 e. The van der Waals surface area contributed by atoms with Crippen molar-refractivity contribution in [2.75, 3.05) is 52.4 Å². The lowest BCUT2D eigenvalue weighted by Crippen LogP contribution is -2.54. The van der Waals surface area contributed by atoms with Gasteiger partial charge in [-0.15, -0.1) is 0 Å². The molecule has 4 amide bonds. The van der Waals surface area contributed by atoms with E-state index >= 15 is 0 Å². The number of nitrogens with one attached hydrogen (secondary N) is 2. The van der Waals surface area contributed by atoms with Gasteiger partial charge in [0.2, 0.25) is 11.8 Å². The molecule has 2 heterocycles. The average molecular weight is 367 g/mol. The Hall–Kier alpha value is -1.67. The predicted molar refractivity (Wildman–Crippen MR) is 99.7 cm³/mol. The van der Waals surface area contributed by atoms with Crippen molar-refractivity contribution in [1.29, 1.82) is 0 Å². The summed E-state index contributed by atoms with van der Waals surface area (Å²) in [6.45, 7) is 9.19. The third kappa shape index (κ3) is 6.57. The standard InChI is InChI=1S/C18H33N5O3/c1-3-7-19-18(26)20-16(24)13-21-9-11-22(12-10-21)14-17(25)23-8-5-4-6-15(23)2/h15H,3-14H2,1-2H3,(H2,19,20,24,26). The fourth-order valence-electron chi connectivity index (χ4n) is 3.51. The van der Waals surface area contributed by atoms with Crippen LogP contribution in [-0.4, -0.2) is 90.9 Å². The van der Waals surface area contributed by atoms with E-state index in [1.807, 2.05) is 16.7 Å². The van der Waals surface area contributed by atoms with Crippen LogP contribution in [0.25, 0.3) is 0 Å². The molecule has 2 aliphatic heterocycles. The first-order valence-corrected chi connectivity index (χ1v) is 9.81. The second-order valence-electron chi connectivity index (χ2n) is 7.29. The van der Waals surface area contributed by atoms with E-state index in [0.717, 1.165) is 52.0 Å². The Morgan fingerprint density at radius 2 is 1.62 bits per heavy atom. The molecule has 26 heavy (non-hydrogen) atoms. The number of amides is 4. The Kier molecular flexibility index (Phi) is 8.31. The summed E-state index contributed by atoms with van der Waals surface area (Å²) in [6, 6.07) is -0.0863. The summed E-state index contributed by atoms with van der Waals surface area (Å²) in [6.07, 6.45) is 4.24. The molecule has 0 aromatic rings. The zero-order valence-corrected chi connectivity index (χ0v) is 16.1. The lowest BCUT2D eigenvalue weighted by atomic mass is 10.0. The fraction of sp³-hybridized carbons (Fsp3) is 0.833. The molecule has 2 aliphatic rings. The van der Waals surface area contributed by atoms with E-state index < -0.39 is 6.03 Å². The highest BCUT2D eigenvalue weighted by atomic mass is 16.2. The predicted octanol–water partition coefficient (Wildman–Crippen LogP) is 0.241. The van der Waals surface area contributed by atoms with E-state index in [-0.39, 0.29) is 18.4 Å². The van der Waals surface area contributed by atoms with Crippen LogP contribution in [0.15, 0.2) is 0 Å². The van der Waals surface area contributed by atoms with Gasteiger partial charge >= 0.3 is 6.03 Å². The maximum Gasteiger partial charge on any atom is 0.321 e. The van der Waals surface area contributed by atoms with Crippen LogP contribution < -0.4 is 10.6 Å². The molecule has 0 saturated carbocycles. The van der Waals surface area contributed by atoms with E-state index in [1.165, 1.54) is 6.42 Å². The van der Waals surface area contributed by atoms with E-state index in [9.17, 15) is 14.4 Å². The number of carbonyl (C=O) groups excluding carboxylic acids is 3. The Balaban J connectivity index is 1.66. The molecule has 2 fully saturated rings. The smallest absolute Gasteiger partial charge is 0.321 e. The zero-order valence-electron chi connectivity index (χ0n) is 16.1. The first kappa shape index (κ1) is 20.6. The van der Waals surface area contributed by atoms with Crippen LogP contribution in [0.5, 0.6) is 0 Å². The molecule has 2 saturated heterocycles. The van der Waals surface area contributed by atoms with E-state index in [1.54, 1.807) is 0 Å². The zero-order chi connectivity index (χ0) is 18.9. The summed E-state index contributed by atoms with van der Waals surface area (Å²) in [5, 5.41) is 4.97. The molecule has 8 heteroatoms. The van der Waals surface area contributed by atoms with Gasteiger partial charge in [-0.05, 0) is 32.6 Å². The van der Waals surface area contributed by atoms with Gasteiger partial charge in [-0.3, -0.25) is 24.7 Å². The van der Waals surface area contributed by atoms with Gasteiger partial charge in [-0.2, -0.15) is 0 Å². The lowest BCUT2D eigenvalue weighted by Gasteiger charge is -2.37. The molecule has 0 bridgehead atoms. The Morgan fingerprint density at radius 3 is 2.23 bits per heavy atom. The van der Waals surface area contributed by atoms with Gasteiger partial charge in [0.25, 0.3) is 0 Å². The van der Waals surface area contributed by atoms with E-state index in [2.05, 4.69) is 22.5 Å². The third-order valence-corrected chi connectivity index (χ3v) is 5.10. The first-order chi connectivity index (χ1) is 12.5. The molecular weight excluding hydrogens is 334 g/mol. The summed E-state index contributed by atoms with van der Waals surface area (Å²) in [7, 11) is 0. The molecule has 0 spiro atoms. The second-order valence-corrected chi connectivity index (χ2v) is 7.29. The van der Waals surface area contributed by atoms with Crippen molar-refractivity contribution < 1.29 is 14.4 Å². The van der Waals surface area contributed by atoms with Crippen molar-refractivity contribution in [1.82, 2.24) is 25.3 Å². The number of carbonyl (C=O) groups is 3. The number of nitrogens with zero attached hydrogens (tertiary/aromatic N) is 3. The number of piperidine rings is 1. The van der Waals surface area contributed by atoms with Gasteiger partial charge in [-0.25, -0.2) is 4.79 Å². The van der Waals surface area contributed by atoms with Crippen LogP contribution >= 0.6 is 0 Å². The van der Waals surface area contributed by atoms with Crippen LogP contribution in [0.3, 0.4) is 0 Å². The highest BCUT2D eigenvalue weighted by Crippen LogP contribution is 2.16. The molecule has 0 aromatic carbocycles. The highest BCUT2D eigenvalue weighted by molar-refractivity contribution is 5.95. The fourth-order valence-corrected chi connectivity index (χ4v) is 3.51. The second kappa shape index (κ2) is 10.5. The summed E-state index contributed by atoms with van der Waals surface area (Å²) >= 11 is 0. The van der Waals surface area contributed by atoms with Crippen molar-refractivity contribution in [2.45, 2.75) is 45.6 Å². The van der Waals surface area contributed by atoms with Crippen molar-refractivity contribution in [2.24, 2.45) is 0 Å². The Bertz CT molecular complexity index is 491. The van der Waals surface area contributed by atoms with Gasteiger partial charge in [0.15, 0.2) is 0 Å². The third-order valence-electron chi connectivity index (χ3n) is 5.10. The van der Waals surface area contributed by atoms with Gasteiger partial charge in [0.05, 0.1) is 13.1 Å². The van der Waals surface area contributed by atoms with Crippen molar-refractivity contribution in [3.05, 3.63) is 0 Å². The van der Waals surface area contributed by atoms with Crippen LogP contribution in [0.1, 0.15) is 39.5 Å². The number of piperazine rings is 1. The van der Waals surface area contributed by atoms with Crippen molar-refractivity contribution >= 4 is 17.8 Å². The molecule has 0 aliphatic carbocycles. The molecule has 2 N–H and O–H groups in total. The SMILES string of the molecule is CCCNC(=O)NC(=O)CN1CCN(CC(=O)N2CCCCC2C)CC1. The number of likely N-dealkylation sites (tertiary alicyclic amines) is 1. The maximum absolute atomic E-state index is 12.5. The molecule has 148 valence electrons. The van der Waals surface area contributed by atoms with Crippen LogP contribution in [0.4, 0.5) is 4.79 Å². The minimum Gasteiger partial charge on any atom is -0.339 e. The molecule has 8 nitrogen and oxygen atoms in total. The van der Waals surface area contributed by atoms with Gasteiger partial charge < -0.3 is 10.2 Å². The number of urea groups is 1. The number of imide groups is 1. The van der Waals surface area contributed by atoms with Crippen LogP contribution in [0.2, 0.25) is 0 Å². The number of hydrogen-bond donors (Lipinski definition) is 2.